The molecule has 0 saturated carbocycles. The van der Waals surface area contributed by atoms with Crippen molar-refractivity contribution >= 4 is 5.91 Å². The van der Waals surface area contributed by atoms with Crippen LogP contribution in [0.25, 0.3) is 0 Å². The standard InChI is InChI=1S/C14H24N4O/c1-3-4-14(5-7-15-8-6-14)13(19)16-9-12-10-17-18(2)11-12/h10-11,15H,3-9H2,1-2H3,(H,16,19). The van der Waals surface area contributed by atoms with Gasteiger partial charge in [0.05, 0.1) is 11.6 Å². The van der Waals surface area contributed by atoms with Crippen LogP contribution in [0.4, 0.5) is 0 Å². The summed E-state index contributed by atoms with van der Waals surface area (Å²) in [5, 5.41) is 10.5. The van der Waals surface area contributed by atoms with Gasteiger partial charge in [-0.3, -0.25) is 9.48 Å². The number of carbonyl (C=O) groups is 1. The number of amides is 1. The molecule has 19 heavy (non-hydrogen) atoms. The van der Waals surface area contributed by atoms with Crippen LogP contribution in [-0.4, -0.2) is 28.8 Å². The highest BCUT2D eigenvalue weighted by Gasteiger charge is 2.38. The number of carbonyl (C=O) groups excluding carboxylic acids is 1. The Morgan fingerprint density at radius 3 is 2.84 bits per heavy atom. The van der Waals surface area contributed by atoms with Crippen molar-refractivity contribution in [2.75, 3.05) is 13.1 Å². The summed E-state index contributed by atoms with van der Waals surface area (Å²) in [5.41, 5.74) is 0.888. The smallest absolute Gasteiger partial charge is 0.226 e. The number of nitrogens with zero attached hydrogens (tertiary/aromatic N) is 2. The minimum absolute atomic E-state index is 0.164. The molecule has 0 aromatic carbocycles. The van der Waals surface area contributed by atoms with Crippen LogP contribution in [0.15, 0.2) is 12.4 Å². The molecule has 1 aliphatic heterocycles. The number of nitrogens with one attached hydrogen (secondary N) is 2. The molecule has 0 spiro atoms. The SMILES string of the molecule is CCCC1(C(=O)NCc2cnn(C)c2)CCNCC1. The highest BCUT2D eigenvalue weighted by atomic mass is 16.2. The van der Waals surface area contributed by atoms with Gasteiger partial charge in [-0.15, -0.1) is 0 Å². The highest BCUT2D eigenvalue weighted by Crippen LogP contribution is 2.34. The van der Waals surface area contributed by atoms with Gasteiger partial charge in [0.15, 0.2) is 0 Å². The van der Waals surface area contributed by atoms with E-state index in [1.54, 1.807) is 10.9 Å². The lowest BCUT2D eigenvalue weighted by Gasteiger charge is -2.36. The Bertz CT molecular complexity index is 415. The third-order valence-corrected chi connectivity index (χ3v) is 3.98. The van der Waals surface area contributed by atoms with E-state index in [0.717, 1.165) is 44.3 Å². The molecule has 1 saturated heterocycles. The molecule has 2 rings (SSSR count). The maximum Gasteiger partial charge on any atom is 0.226 e. The average molecular weight is 264 g/mol. The Kier molecular flexibility index (Phi) is 4.58. The first-order valence-electron chi connectivity index (χ1n) is 7.13. The Balaban J connectivity index is 1.95. The van der Waals surface area contributed by atoms with Crippen molar-refractivity contribution in [1.29, 1.82) is 0 Å². The molecule has 2 heterocycles. The number of rotatable bonds is 5. The van der Waals surface area contributed by atoms with E-state index in [1.807, 2.05) is 13.2 Å². The topological polar surface area (TPSA) is 59.0 Å². The van der Waals surface area contributed by atoms with E-state index in [1.165, 1.54) is 0 Å². The summed E-state index contributed by atoms with van der Waals surface area (Å²) in [7, 11) is 1.89. The molecule has 1 aliphatic rings. The largest absolute Gasteiger partial charge is 0.351 e. The van der Waals surface area contributed by atoms with E-state index in [4.69, 9.17) is 0 Å². The Morgan fingerprint density at radius 1 is 1.53 bits per heavy atom. The first-order valence-corrected chi connectivity index (χ1v) is 7.13. The second-order valence-electron chi connectivity index (χ2n) is 5.49. The minimum atomic E-state index is -0.164. The van der Waals surface area contributed by atoms with Crippen molar-refractivity contribution in [3.05, 3.63) is 18.0 Å². The fraction of sp³-hybridized carbons (Fsp3) is 0.714. The maximum absolute atomic E-state index is 12.5. The minimum Gasteiger partial charge on any atom is -0.351 e. The van der Waals surface area contributed by atoms with Gasteiger partial charge in [-0.05, 0) is 32.4 Å². The van der Waals surface area contributed by atoms with Gasteiger partial charge < -0.3 is 10.6 Å². The molecule has 0 atom stereocenters. The quantitative estimate of drug-likeness (QED) is 0.840. The summed E-state index contributed by atoms with van der Waals surface area (Å²) < 4.78 is 1.76. The number of aryl methyl sites for hydroxylation is 1. The lowest BCUT2D eigenvalue weighted by Crippen LogP contribution is -2.47. The van der Waals surface area contributed by atoms with Crippen molar-refractivity contribution in [3.63, 3.8) is 0 Å². The zero-order valence-corrected chi connectivity index (χ0v) is 11.9. The normalized spacial score (nSPS) is 18.2. The Labute approximate surface area is 114 Å². The van der Waals surface area contributed by atoms with Crippen LogP contribution in [0.2, 0.25) is 0 Å². The van der Waals surface area contributed by atoms with Gasteiger partial charge in [0.1, 0.15) is 0 Å². The van der Waals surface area contributed by atoms with Gasteiger partial charge in [-0.1, -0.05) is 13.3 Å². The number of piperidine rings is 1. The number of aromatic nitrogens is 2. The van der Waals surface area contributed by atoms with Crippen LogP contribution in [0.3, 0.4) is 0 Å². The number of hydrogen-bond acceptors (Lipinski definition) is 3. The van der Waals surface area contributed by atoms with Gasteiger partial charge >= 0.3 is 0 Å². The van der Waals surface area contributed by atoms with E-state index in [0.29, 0.717) is 6.54 Å². The van der Waals surface area contributed by atoms with Gasteiger partial charge in [0.25, 0.3) is 0 Å². The van der Waals surface area contributed by atoms with Gasteiger partial charge in [0.2, 0.25) is 5.91 Å². The molecule has 5 nitrogen and oxygen atoms in total. The molecule has 1 aromatic rings. The van der Waals surface area contributed by atoms with Gasteiger partial charge in [0, 0.05) is 25.4 Å². The van der Waals surface area contributed by atoms with E-state index >= 15 is 0 Å². The zero-order valence-electron chi connectivity index (χ0n) is 11.9. The van der Waals surface area contributed by atoms with Crippen LogP contribution in [0, 0.1) is 5.41 Å². The molecule has 5 heteroatoms. The van der Waals surface area contributed by atoms with Crippen LogP contribution in [0.1, 0.15) is 38.2 Å². The second kappa shape index (κ2) is 6.19. The van der Waals surface area contributed by atoms with E-state index in [2.05, 4.69) is 22.7 Å². The predicted molar refractivity (Wildman–Crippen MR) is 74.5 cm³/mol. The Hall–Kier alpha value is -1.36. The summed E-state index contributed by atoms with van der Waals surface area (Å²) in [4.78, 5) is 12.5. The molecule has 1 amide bonds. The van der Waals surface area contributed by atoms with Gasteiger partial charge in [-0.25, -0.2) is 0 Å². The molecule has 2 N–H and O–H groups in total. The first kappa shape index (κ1) is 14.1. The fourth-order valence-corrected chi connectivity index (χ4v) is 2.91. The van der Waals surface area contributed by atoms with Crippen LogP contribution in [-0.2, 0) is 18.4 Å². The molecule has 0 bridgehead atoms. The monoisotopic (exact) mass is 264 g/mol. The van der Waals surface area contributed by atoms with Crippen molar-refractivity contribution in [3.8, 4) is 0 Å². The summed E-state index contributed by atoms with van der Waals surface area (Å²) in [6, 6.07) is 0. The molecule has 0 radical (unpaired) electrons. The van der Waals surface area contributed by atoms with E-state index in [9.17, 15) is 4.79 Å². The third kappa shape index (κ3) is 3.35. The molecular formula is C14H24N4O. The maximum atomic E-state index is 12.5. The first-order chi connectivity index (χ1) is 9.16. The van der Waals surface area contributed by atoms with E-state index < -0.39 is 0 Å². The van der Waals surface area contributed by atoms with E-state index in [-0.39, 0.29) is 11.3 Å². The second-order valence-corrected chi connectivity index (χ2v) is 5.49. The highest BCUT2D eigenvalue weighted by molar-refractivity contribution is 5.82. The van der Waals surface area contributed by atoms with Crippen molar-refractivity contribution in [1.82, 2.24) is 20.4 Å². The van der Waals surface area contributed by atoms with Crippen LogP contribution < -0.4 is 10.6 Å². The number of hydrogen-bond donors (Lipinski definition) is 2. The van der Waals surface area contributed by atoms with Crippen molar-refractivity contribution in [2.24, 2.45) is 12.5 Å². The predicted octanol–water partition coefficient (Wildman–Crippen LogP) is 1.21. The summed E-state index contributed by atoms with van der Waals surface area (Å²) >= 11 is 0. The molecule has 0 unspecified atom stereocenters. The summed E-state index contributed by atoms with van der Waals surface area (Å²) in [5.74, 6) is 0.208. The lowest BCUT2D eigenvalue weighted by molar-refractivity contribution is -0.133. The summed E-state index contributed by atoms with van der Waals surface area (Å²) in [6.45, 7) is 4.62. The summed E-state index contributed by atoms with van der Waals surface area (Å²) in [6.07, 6.45) is 7.66. The molecule has 0 aliphatic carbocycles. The molecule has 106 valence electrons. The van der Waals surface area contributed by atoms with Crippen molar-refractivity contribution < 1.29 is 4.79 Å². The zero-order chi connectivity index (χ0) is 13.7. The molecule has 1 fully saturated rings. The molecule has 1 aromatic heterocycles. The van der Waals surface area contributed by atoms with Crippen LogP contribution >= 0.6 is 0 Å². The third-order valence-electron chi connectivity index (χ3n) is 3.98. The van der Waals surface area contributed by atoms with Crippen molar-refractivity contribution in [2.45, 2.75) is 39.2 Å². The Morgan fingerprint density at radius 2 is 2.26 bits per heavy atom. The molecular weight excluding hydrogens is 240 g/mol. The van der Waals surface area contributed by atoms with Gasteiger partial charge in [-0.2, -0.15) is 5.10 Å². The fourth-order valence-electron chi connectivity index (χ4n) is 2.91. The average Bonchev–Trinajstić information content (AvgIpc) is 2.83. The lowest BCUT2D eigenvalue weighted by atomic mass is 9.74. The van der Waals surface area contributed by atoms with Crippen LogP contribution in [0.5, 0.6) is 0 Å².